The van der Waals surface area contributed by atoms with Crippen molar-refractivity contribution in [3.05, 3.63) is 96.1 Å². The van der Waals surface area contributed by atoms with Crippen LogP contribution in [0.1, 0.15) is 37.8 Å². The van der Waals surface area contributed by atoms with Gasteiger partial charge in [0.15, 0.2) is 0 Å². The molecule has 0 atom stereocenters. The quantitative estimate of drug-likeness (QED) is 0.418. The summed E-state index contributed by atoms with van der Waals surface area (Å²) in [6.45, 7) is 12.4. The lowest BCUT2D eigenvalue weighted by Crippen LogP contribution is -1.95. The second-order valence-electron chi connectivity index (χ2n) is 5.96. The summed E-state index contributed by atoms with van der Waals surface area (Å²) >= 11 is 0. The van der Waals surface area contributed by atoms with E-state index in [4.69, 9.17) is 0 Å². The van der Waals surface area contributed by atoms with Gasteiger partial charge in [0, 0.05) is 0 Å². The summed E-state index contributed by atoms with van der Waals surface area (Å²) in [7, 11) is 0. The van der Waals surface area contributed by atoms with E-state index in [1.54, 1.807) is 0 Å². The van der Waals surface area contributed by atoms with Gasteiger partial charge in [0.2, 0.25) is 0 Å². The Morgan fingerprint density at radius 3 is 1.23 bits per heavy atom. The van der Waals surface area contributed by atoms with Gasteiger partial charge in [-0.15, -0.1) is 0 Å². The molecule has 0 nitrogen and oxygen atoms in total. The smallest absolute Gasteiger partial charge is 0.00636 e. The van der Waals surface area contributed by atoms with Crippen LogP contribution in [0.2, 0.25) is 0 Å². The molecule has 0 radical (unpaired) electrons. The molecular weight excluding hydrogens is 264 g/mol. The molecule has 2 rings (SSSR count). The van der Waals surface area contributed by atoms with Crippen LogP contribution >= 0.6 is 0 Å². The second kappa shape index (κ2) is 7.61. The normalized spacial score (nSPS) is 11.7. The summed E-state index contributed by atoms with van der Waals surface area (Å²) in [4.78, 5) is 0. The first kappa shape index (κ1) is 16.0. The molecule has 0 aliphatic rings. The zero-order valence-electron chi connectivity index (χ0n) is 13.6. The Balaban J connectivity index is 2.64. The maximum Gasteiger partial charge on any atom is -0.00636 e. The summed E-state index contributed by atoms with van der Waals surface area (Å²) in [5, 5.41) is 0. The van der Waals surface area contributed by atoms with Crippen molar-refractivity contribution in [3.63, 3.8) is 0 Å². The first-order chi connectivity index (χ1) is 10.6. The van der Waals surface area contributed by atoms with Crippen molar-refractivity contribution in [1.82, 2.24) is 0 Å². The number of hydrogen-bond acceptors (Lipinski definition) is 0. The number of rotatable bonds is 6. The highest BCUT2D eigenvalue weighted by atomic mass is 14.2. The van der Waals surface area contributed by atoms with Gasteiger partial charge in [0.1, 0.15) is 0 Å². The molecule has 0 N–H and O–H groups in total. The maximum absolute atomic E-state index is 4.12. The van der Waals surface area contributed by atoms with E-state index in [9.17, 15) is 0 Å². The zero-order valence-corrected chi connectivity index (χ0v) is 13.6. The van der Waals surface area contributed by atoms with Crippen LogP contribution in [0.25, 0.3) is 11.1 Å². The Labute approximate surface area is 134 Å². The molecule has 112 valence electrons. The van der Waals surface area contributed by atoms with Crippen molar-refractivity contribution in [2.75, 3.05) is 0 Å². The number of benzene rings is 2. The third-order valence-electron chi connectivity index (χ3n) is 3.57. The third-order valence-corrected chi connectivity index (χ3v) is 3.57. The molecule has 0 bridgehead atoms. The van der Waals surface area contributed by atoms with E-state index in [-0.39, 0.29) is 0 Å². The van der Waals surface area contributed by atoms with Crippen molar-refractivity contribution in [2.24, 2.45) is 0 Å². The Morgan fingerprint density at radius 2 is 0.955 bits per heavy atom. The van der Waals surface area contributed by atoms with E-state index in [0.29, 0.717) is 0 Å². The highest BCUT2D eigenvalue weighted by Gasteiger charge is 2.12. The predicted octanol–water partition coefficient (Wildman–Crippen LogP) is 6.53. The second-order valence-corrected chi connectivity index (χ2v) is 5.96. The molecule has 0 aromatic heterocycles. The van der Waals surface area contributed by atoms with Crippen LogP contribution < -0.4 is 0 Å². The standard InChI is InChI=1S/C22H24/c1-17(2)15-21(19-11-7-5-8-12-19)22(16-18(3)4)20-13-9-6-10-14-20/h5-14H,1,3,15-16H2,2,4H3. The van der Waals surface area contributed by atoms with E-state index < -0.39 is 0 Å². The summed E-state index contributed by atoms with van der Waals surface area (Å²) in [5.74, 6) is 0. The third kappa shape index (κ3) is 4.33. The van der Waals surface area contributed by atoms with Gasteiger partial charge >= 0.3 is 0 Å². The van der Waals surface area contributed by atoms with E-state index in [1.165, 1.54) is 33.4 Å². The van der Waals surface area contributed by atoms with Crippen LogP contribution in [0.3, 0.4) is 0 Å². The predicted molar refractivity (Wildman–Crippen MR) is 98.6 cm³/mol. The Hall–Kier alpha value is -2.34. The van der Waals surface area contributed by atoms with Crippen LogP contribution in [0.15, 0.2) is 85.0 Å². The molecule has 0 heterocycles. The van der Waals surface area contributed by atoms with Crippen molar-refractivity contribution in [1.29, 1.82) is 0 Å². The van der Waals surface area contributed by atoms with E-state index in [1.807, 2.05) is 0 Å². The molecule has 0 spiro atoms. The van der Waals surface area contributed by atoms with Gasteiger partial charge in [-0.3, -0.25) is 0 Å². The average Bonchev–Trinajstić information content (AvgIpc) is 2.52. The molecule has 0 saturated carbocycles. The molecule has 2 aromatic rings. The molecule has 0 unspecified atom stereocenters. The van der Waals surface area contributed by atoms with Gasteiger partial charge < -0.3 is 0 Å². The minimum atomic E-state index is 0.890. The van der Waals surface area contributed by atoms with E-state index >= 15 is 0 Å². The van der Waals surface area contributed by atoms with Crippen molar-refractivity contribution < 1.29 is 0 Å². The number of allylic oxidation sites excluding steroid dienone is 4. The van der Waals surface area contributed by atoms with Gasteiger partial charge in [-0.2, -0.15) is 0 Å². The fourth-order valence-corrected chi connectivity index (χ4v) is 2.65. The summed E-state index contributed by atoms with van der Waals surface area (Å²) < 4.78 is 0. The first-order valence-electron chi connectivity index (χ1n) is 7.69. The fourth-order valence-electron chi connectivity index (χ4n) is 2.65. The minimum absolute atomic E-state index is 0.890. The molecule has 2 aromatic carbocycles. The van der Waals surface area contributed by atoms with Crippen molar-refractivity contribution >= 4 is 11.1 Å². The molecule has 22 heavy (non-hydrogen) atoms. The topological polar surface area (TPSA) is 0 Å². The van der Waals surface area contributed by atoms with Gasteiger partial charge in [-0.05, 0) is 49.0 Å². The molecule has 0 heteroatoms. The fraction of sp³-hybridized carbons (Fsp3) is 0.182. The van der Waals surface area contributed by atoms with Gasteiger partial charge in [0.05, 0.1) is 0 Å². The monoisotopic (exact) mass is 288 g/mol. The highest BCUT2D eigenvalue weighted by Crippen LogP contribution is 2.34. The Kier molecular flexibility index (Phi) is 5.55. The van der Waals surface area contributed by atoms with Crippen LogP contribution in [0.5, 0.6) is 0 Å². The van der Waals surface area contributed by atoms with Crippen LogP contribution in [0, 0.1) is 0 Å². The van der Waals surface area contributed by atoms with Gasteiger partial charge in [-0.25, -0.2) is 0 Å². The van der Waals surface area contributed by atoms with Crippen LogP contribution in [-0.4, -0.2) is 0 Å². The van der Waals surface area contributed by atoms with Gasteiger partial charge in [-0.1, -0.05) is 85.0 Å². The lowest BCUT2D eigenvalue weighted by molar-refractivity contribution is 1.19. The summed E-state index contributed by atoms with van der Waals surface area (Å²) in [6.07, 6.45) is 1.78. The lowest BCUT2D eigenvalue weighted by Gasteiger charge is -2.17. The largest absolute Gasteiger partial charge is 0.0998 e. The molecule has 0 amide bonds. The maximum atomic E-state index is 4.12. The van der Waals surface area contributed by atoms with E-state index in [2.05, 4.69) is 87.7 Å². The summed E-state index contributed by atoms with van der Waals surface area (Å²) in [6, 6.07) is 21.2. The highest BCUT2D eigenvalue weighted by molar-refractivity contribution is 5.92. The molecule has 0 aliphatic carbocycles. The average molecular weight is 288 g/mol. The molecule has 0 saturated heterocycles. The zero-order chi connectivity index (χ0) is 15.9. The Morgan fingerprint density at radius 1 is 0.636 bits per heavy atom. The molecule has 0 aliphatic heterocycles. The lowest BCUT2D eigenvalue weighted by atomic mass is 9.87. The Bertz CT molecular complexity index is 611. The number of hydrogen-bond donors (Lipinski definition) is 0. The summed E-state index contributed by atoms with van der Waals surface area (Å²) in [5.41, 5.74) is 7.59. The minimum Gasteiger partial charge on any atom is -0.0998 e. The van der Waals surface area contributed by atoms with Crippen molar-refractivity contribution in [3.8, 4) is 0 Å². The van der Waals surface area contributed by atoms with Crippen LogP contribution in [0.4, 0.5) is 0 Å². The van der Waals surface area contributed by atoms with Crippen LogP contribution in [-0.2, 0) is 0 Å². The first-order valence-corrected chi connectivity index (χ1v) is 7.69. The molecular formula is C22H24. The van der Waals surface area contributed by atoms with Crippen molar-refractivity contribution in [2.45, 2.75) is 26.7 Å². The molecule has 0 fully saturated rings. The van der Waals surface area contributed by atoms with Gasteiger partial charge in [0.25, 0.3) is 0 Å². The van der Waals surface area contributed by atoms with E-state index in [0.717, 1.165) is 12.8 Å². The SMILES string of the molecule is C=C(C)CC(=C(CC(=C)C)c1ccccc1)c1ccccc1.